The van der Waals surface area contributed by atoms with Crippen LogP contribution in [0.5, 0.6) is 0 Å². The normalized spacial score (nSPS) is 24.9. The SMILES string of the molecule is CC1CCNC(C(C)(C)C)CN1Cc1ccc(Br)cc1F. The van der Waals surface area contributed by atoms with Crippen LogP contribution in [0.4, 0.5) is 4.39 Å². The second kappa shape index (κ2) is 6.76. The van der Waals surface area contributed by atoms with Gasteiger partial charge in [0.05, 0.1) is 0 Å². The maximum absolute atomic E-state index is 14.1. The van der Waals surface area contributed by atoms with E-state index in [0.29, 0.717) is 18.6 Å². The number of hydrogen-bond donors (Lipinski definition) is 1. The van der Waals surface area contributed by atoms with Gasteiger partial charge in [0, 0.05) is 35.2 Å². The van der Waals surface area contributed by atoms with Crippen molar-refractivity contribution in [2.75, 3.05) is 13.1 Å². The predicted octanol–water partition coefficient (Wildman–Crippen LogP) is 4.19. The molecule has 4 heteroatoms. The lowest BCUT2D eigenvalue weighted by atomic mass is 9.86. The molecule has 1 aromatic rings. The van der Waals surface area contributed by atoms with Gasteiger partial charge in [0.1, 0.15) is 5.82 Å². The number of nitrogens with one attached hydrogen (secondary N) is 1. The van der Waals surface area contributed by atoms with Crippen LogP contribution in [0, 0.1) is 11.2 Å². The van der Waals surface area contributed by atoms with E-state index in [-0.39, 0.29) is 11.2 Å². The van der Waals surface area contributed by atoms with Gasteiger partial charge in [-0.2, -0.15) is 0 Å². The Kier molecular flexibility index (Phi) is 5.44. The lowest BCUT2D eigenvalue weighted by molar-refractivity contribution is 0.156. The molecule has 0 aliphatic carbocycles. The largest absolute Gasteiger partial charge is 0.312 e. The average molecular weight is 357 g/mol. The summed E-state index contributed by atoms with van der Waals surface area (Å²) in [6.45, 7) is 11.7. The summed E-state index contributed by atoms with van der Waals surface area (Å²) in [5.74, 6) is -0.124. The van der Waals surface area contributed by atoms with Gasteiger partial charge in [0.2, 0.25) is 0 Å². The highest BCUT2D eigenvalue weighted by atomic mass is 79.9. The molecule has 0 amide bonds. The summed E-state index contributed by atoms with van der Waals surface area (Å²) in [5, 5.41) is 3.65. The third kappa shape index (κ3) is 4.51. The fourth-order valence-corrected chi connectivity index (χ4v) is 3.13. The second-order valence-electron chi connectivity index (χ2n) is 7.18. The quantitative estimate of drug-likeness (QED) is 0.854. The van der Waals surface area contributed by atoms with Crippen molar-refractivity contribution in [3.05, 3.63) is 34.1 Å². The molecule has 2 nitrogen and oxygen atoms in total. The van der Waals surface area contributed by atoms with Crippen molar-refractivity contribution in [1.29, 1.82) is 0 Å². The van der Waals surface area contributed by atoms with Gasteiger partial charge >= 0.3 is 0 Å². The summed E-state index contributed by atoms with van der Waals surface area (Å²) < 4.78 is 14.9. The van der Waals surface area contributed by atoms with E-state index in [0.717, 1.165) is 29.5 Å². The fourth-order valence-electron chi connectivity index (χ4n) is 2.80. The minimum atomic E-state index is -0.124. The summed E-state index contributed by atoms with van der Waals surface area (Å²) >= 11 is 3.32. The van der Waals surface area contributed by atoms with Crippen molar-refractivity contribution in [2.45, 2.75) is 52.7 Å². The molecule has 2 unspecified atom stereocenters. The number of benzene rings is 1. The van der Waals surface area contributed by atoms with E-state index in [9.17, 15) is 4.39 Å². The summed E-state index contributed by atoms with van der Waals surface area (Å²) in [4.78, 5) is 2.40. The number of rotatable bonds is 2. The molecule has 21 heavy (non-hydrogen) atoms. The third-order valence-corrected chi connectivity index (χ3v) is 4.92. The Morgan fingerprint density at radius 3 is 2.71 bits per heavy atom. The van der Waals surface area contributed by atoms with Crippen LogP contribution >= 0.6 is 15.9 Å². The van der Waals surface area contributed by atoms with Gasteiger partial charge in [-0.05, 0) is 37.4 Å². The Morgan fingerprint density at radius 1 is 1.38 bits per heavy atom. The summed E-state index contributed by atoms with van der Waals surface area (Å²) in [6.07, 6.45) is 1.10. The van der Waals surface area contributed by atoms with Crippen LogP contribution in [0.15, 0.2) is 22.7 Å². The number of nitrogens with zero attached hydrogens (tertiary/aromatic N) is 1. The Hall–Kier alpha value is -0.450. The van der Waals surface area contributed by atoms with Crippen LogP contribution < -0.4 is 5.32 Å². The van der Waals surface area contributed by atoms with Crippen molar-refractivity contribution >= 4 is 15.9 Å². The predicted molar refractivity (Wildman–Crippen MR) is 89.8 cm³/mol. The zero-order valence-electron chi connectivity index (χ0n) is 13.4. The molecule has 1 N–H and O–H groups in total. The van der Waals surface area contributed by atoms with Crippen LogP contribution in [-0.2, 0) is 6.54 Å². The average Bonchev–Trinajstić information content (AvgIpc) is 2.55. The van der Waals surface area contributed by atoms with Gasteiger partial charge in [-0.1, -0.05) is 42.8 Å². The zero-order chi connectivity index (χ0) is 15.6. The first kappa shape index (κ1) is 16.9. The smallest absolute Gasteiger partial charge is 0.128 e. The van der Waals surface area contributed by atoms with E-state index in [2.05, 4.69) is 53.8 Å². The van der Waals surface area contributed by atoms with Crippen molar-refractivity contribution in [3.63, 3.8) is 0 Å². The van der Waals surface area contributed by atoms with E-state index >= 15 is 0 Å². The molecule has 1 heterocycles. The van der Waals surface area contributed by atoms with Gasteiger partial charge in [0.15, 0.2) is 0 Å². The minimum absolute atomic E-state index is 0.124. The molecule has 1 saturated heterocycles. The van der Waals surface area contributed by atoms with Crippen LogP contribution in [-0.4, -0.2) is 30.1 Å². The summed E-state index contributed by atoms with van der Waals surface area (Å²) in [5.41, 5.74) is 0.986. The maximum Gasteiger partial charge on any atom is 0.128 e. The molecule has 0 spiro atoms. The Morgan fingerprint density at radius 2 is 2.10 bits per heavy atom. The van der Waals surface area contributed by atoms with E-state index < -0.39 is 0 Å². The van der Waals surface area contributed by atoms with E-state index in [4.69, 9.17) is 0 Å². The van der Waals surface area contributed by atoms with E-state index in [1.54, 1.807) is 6.07 Å². The molecular formula is C17H26BrFN2. The molecule has 0 saturated carbocycles. The fraction of sp³-hybridized carbons (Fsp3) is 0.647. The molecule has 0 radical (unpaired) electrons. The van der Waals surface area contributed by atoms with Crippen LogP contribution in [0.3, 0.4) is 0 Å². The second-order valence-corrected chi connectivity index (χ2v) is 8.09. The first-order valence-corrected chi connectivity index (χ1v) is 8.48. The molecule has 1 aliphatic heterocycles. The molecule has 1 aromatic carbocycles. The standard InChI is InChI=1S/C17H26BrFN2/c1-12-7-8-20-16(17(2,3)4)11-21(12)10-13-5-6-14(18)9-15(13)19/h5-6,9,12,16,20H,7-8,10-11H2,1-4H3. The van der Waals surface area contributed by atoms with Crippen molar-refractivity contribution in [3.8, 4) is 0 Å². The van der Waals surface area contributed by atoms with Crippen LogP contribution in [0.2, 0.25) is 0 Å². The highest BCUT2D eigenvalue weighted by molar-refractivity contribution is 9.10. The Bertz CT molecular complexity index is 484. The van der Waals surface area contributed by atoms with Gasteiger partial charge in [-0.25, -0.2) is 4.39 Å². The monoisotopic (exact) mass is 356 g/mol. The molecule has 0 aromatic heterocycles. The molecule has 1 aliphatic rings. The van der Waals surface area contributed by atoms with E-state index in [1.807, 2.05) is 12.1 Å². The van der Waals surface area contributed by atoms with Gasteiger partial charge in [-0.15, -0.1) is 0 Å². The van der Waals surface area contributed by atoms with E-state index in [1.165, 1.54) is 0 Å². The van der Waals surface area contributed by atoms with Gasteiger partial charge in [-0.3, -0.25) is 4.90 Å². The summed E-state index contributed by atoms with van der Waals surface area (Å²) in [7, 11) is 0. The minimum Gasteiger partial charge on any atom is -0.312 e. The lowest BCUT2D eigenvalue weighted by Gasteiger charge is -2.35. The number of halogens is 2. The highest BCUT2D eigenvalue weighted by Crippen LogP contribution is 2.25. The highest BCUT2D eigenvalue weighted by Gasteiger charge is 2.30. The first-order chi connectivity index (χ1) is 9.77. The maximum atomic E-state index is 14.1. The van der Waals surface area contributed by atoms with Crippen molar-refractivity contribution in [2.24, 2.45) is 5.41 Å². The topological polar surface area (TPSA) is 15.3 Å². The molecule has 118 valence electrons. The third-order valence-electron chi connectivity index (χ3n) is 4.43. The number of hydrogen-bond acceptors (Lipinski definition) is 2. The molecule has 2 atom stereocenters. The lowest BCUT2D eigenvalue weighted by Crippen LogP contribution is -2.47. The van der Waals surface area contributed by atoms with Crippen molar-refractivity contribution < 1.29 is 4.39 Å². The zero-order valence-corrected chi connectivity index (χ0v) is 15.0. The van der Waals surface area contributed by atoms with Crippen molar-refractivity contribution in [1.82, 2.24) is 10.2 Å². The van der Waals surface area contributed by atoms with Gasteiger partial charge in [0.25, 0.3) is 0 Å². The van der Waals surface area contributed by atoms with Crippen LogP contribution in [0.25, 0.3) is 0 Å². The summed E-state index contributed by atoms with van der Waals surface area (Å²) in [6, 6.07) is 6.25. The van der Waals surface area contributed by atoms with Gasteiger partial charge < -0.3 is 5.32 Å². The first-order valence-electron chi connectivity index (χ1n) is 7.68. The Balaban J connectivity index is 2.15. The molecule has 1 fully saturated rings. The van der Waals surface area contributed by atoms with Crippen LogP contribution in [0.1, 0.15) is 39.7 Å². The molecule has 0 bridgehead atoms. The Labute approximate surface area is 136 Å². The molecular weight excluding hydrogens is 331 g/mol. The molecule has 2 rings (SSSR count).